The first kappa shape index (κ1) is 19.5. The van der Waals surface area contributed by atoms with E-state index in [1.807, 2.05) is 0 Å². The molecule has 0 atom stereocenters. The summed E-state index contributed by atoms with van der Waals surface area (Å²) in [6.45, 7) is 1.45. The van der Waals surface area contributed by atoms with Gasteiger partial charge in [-0.1, -0.05) is 6.07 Å². The molecule has 146 valence electrons. The molecule has 1 N–H and O–H groups in total. The van der Waals surface area contributed by atoms with Gasteiger partial charge in [0.15, 0.2) is 0 Å². The Kier molecular flexibility index (Phi) is 5.17. The first-order chi connectivity index (χ1) is 13.1. The molecule has 0 unspecified atom stereocenters. The van der Waals surface area contributed by atoms with E-state index in [1.165, 1.54) is 16.9 Å². The minimum atomic E-state index is -4.58. The minimum absolute atomic E-state index is 0.0117. The van der Waals surface area contributed by atoms with E-state index in [0.717, 1.165) is 36.4 Å². The van der Waals surface area contributed by atoms with E-state index in [2.05, 4.69) is 10.4 Å². The molecule has 2 aromatic carbocycles. The number of hydrogen-bond donors (Lipinski definition) is 1. The van der Waals surface area contributed by atoms with Crippen LogP contribution >= 0.6 is 0 Å². The van der Waals surface area contributed by atoms with Crippen LogP contribution in [0, 0.1) is 18.6 Å². The Hall–Kier alpha value is -3.23. The maximum Gasteiger partial charge on any atom is 0.416 e. The average molecular weight is 395 g/mol. The maximum atomic E-state index is 13.9. The van der Waals surface area contributed by atoms with E-state index in [9.17, 15) is 26.7 Å². The van der Waals surface area contributed by atoms with Crippen LogP contribution in [0.15, 0.2) is 48.7 Å². The van der Waals surface area contributed by atoms with Crippen molar-refractivity contribution in [2.45, 2.75) is 19.6 Å². The number of amides is 1. The number of benzene rings is 2. The summed E-state index contributed by atoms with van der Waals surface area (Å²) >= 11 is 0. The number of anilines is 1. The molecule has 0 radical (unpaired) electrons. The van der Waals surface area contributed by atoms with E-state index in [4.69, 9.17) is 0 Å². The lowest BCUT2D eigenvalue weighted by atomic mass is 10.1. The van der Waals surface area contributed by atoms with Gasteiger partial charge in [-0.2, -0.15) is 18.3 Å². The van der Waals surface area contributed by atoms with Crippen molar-refractivity contribution in [3.63, 3.8) is 0 Å². The molecule has 0 bridgehead atoms. The summed E-state index contributed by atoms with van der Waals surface area (Å²) in [4.78, 5) is 12.4. The molecule has 0 saturated carbocycles. The van der Waals surface area contributed by atoms with E-state index in [0.29, 0.717) is 5.56 Å². The summed E-state index contributed by atoms with van der Waals surface area (Å²) in [7, 11) is 0. The van der Waals surface area contributed by atoms with Crippen molar-refractivity contribution in [1.29, 1.82) is 0 Å². The normalized spacial score (nSPS) is 11.5. The second-order valence-corrected chi connectivity index (χ2v) is 6.10. The zero-order valence-electron chi connectivity index (χ0n) is 14.5. The molecule has 1 aromatic heterocycles. The number of rotatable bonds is 4. The van der Waals surface area contributed by atoms with Crippen molar-refractivity contribution < 1.29 is 26.7 Å². The highest BCUT2D eigenvalue weighted by atomic mass is 19.4. The first-order valence-corrected chi connectivity index (χ1v) is 8.10. The Morgan fingerprint density at radius 3 is 2.61 bits per heavy atom. The molecular weight excluding hydrogens is 381 g/mol. The first-order valence-electron chi connectivity index (χ1n) is 8.10. The highest BCUT2D eigenvalue weighted by molar-refractivity contribution is 6.04. The van der Waals surface area contributed by atoms with Gasteiger partial charge < -0.3 is 5.32 Å². The van der Waals surface area contributed by atoms with Gasteiger partial charge in [0, 0.05) is 16.7 Å². The number of nitrogens with one attached hydrogen (secondary N) is 1. The molecule has 4 nitrogen and oxygen atoms in total. The fourth-order valence-corrected chi connectivity index (χ4v) is 2.60. The average Bonchev–Trinajstić information content (AvgIpc) is 2.97. The van der Waals surface area contributed by atoms with Crippen LogP contribution in [0.2, 0.25) is 0 Å². The van der Waals surface area contributed by atoms with E-state index < -0.39 is 29.3 Å². The van der Waals surface area contributed by atoms with E-state index in [1.54, 1.807) is 6.92 Å². The highest BCUT2D eigenvalue weighted by Gasteiger charge is 2.31. The van der Waals surface area contributed by atoms with Crippen LogP contribution in [0.4, 0.5) is 27.8 Å². The fraction of sp³-hybridized carbons (Fsp3) is 0.158. The Bertz CT molecular complexity index is 1030. The predicted molar refractivity (Wildman–Crippen MR) is 91.8 cm³/mol. The Morgan fingerprint density at radius 1 is 1.14 bits per heavy atom. The second-order valence-electron chi connectivity index (χ2n) is 6.10. The maximum absolute atomic E-state index is 13.9. The number of aryl methyl sites for hydroxylation is 1. The fourth-order valence-electron chi connectivity index (χ4n) is 2.60. The van der Waals surface area contributed by atoms with Gasteiger partial charge in [-0.25, -0.2) is 13.5 Å². The standard InChI is InChI=1S/C19H14F5N3O/c1-11-9-25-27(10-13-8-15(20)5-6-16(13)21)17(11)26-18(28)12-3-2-4-14(7-12)19(22,23)24/h2-9H,10H2,1H3,(H,26,28). The summed E-state index contributed by atoms with van der Waals surface area (Å²) in [5, 5.41) is 6.50. The highest BCUT2D eigenvalue weighted by Crippen LogP contribution is 2.29. The van der Waals surface area contributed by atoms with Crippen molar-refractivity contribution in [3.05, 3.63) is 82.5 Å². The number of carbonyl (C=O) groups is 1. The van der Waals surface area contributed by atoms with Gasteiger partial charge in [-0.05, 0) is 43.3 Å². The van der Waals surface area contributed by atoms with Crippen LogP contribution in [-0.4, -0.2) is 15.7 Å². The molecule has 0 spiro atoms. The molecule has 28 heavy (non-hydrogen) atoms. The molecule has 1 heterocycles. The second kappa shape index (κ2) is 7.41. The monoisotopic (exact) mass is 395 g/mol. The van der Waals surface area contributed by atoms with Crippen LogP contribution in [0.3, 0.4) is 0 Å². The minimum Gasteiger partial charge on any atom is -0.307 e. The zero-order chi connectivity index (χ0) is 20.5. The SMILES string of the molecule is Cc1cnn(Cc2cc(F)ccc2F)c1NC(=O)c1cccc(C(F)(F)F)c1. The molecule has 3 aromatic rings. The van der Waals surface area contributed by atoms with Crippen LogP contribution < -0.4 is 5.32 Å². The number of carbonyl (C=O) groups excluding carboxylic acids is 1. The third-order valence-corrected chi connectivity index (χ3v) is 4.03. The quantitative estimate of drug-likeness (QED) is 0.646. The number of halogens is 5. The van der Waals surface area contributed by atoms with Gasteiger partial charge in [0.05, 0.1) is 18.3 Å². The van der Waals surface area contributed by atoms with Crippen LogP contribution in [0.1, 0.15) is 27.0 Å². The van der Waals surface area contributed by atoms with Crippen LogP contribution in [0.5, 0.6) is 0 Å². The lowest BCUT2D eigenvalue weighted by Gasteiger charge is -2.12. The van der Waals surface area contributed by atoms with Gasteiger partial charge in [0.1, 0.15) is 17.5 Å². The molecule has 0 aliphatic rings. The third kappa shape index (κ3) is 4.19. The van der Waals surface area contributed by atoms with Gasteiger partial charge >= 0.3 is 6.18 Å². The van der Waals surface area contributed by atoms with Gasteiger partial charge in [-0.3, -0.25) is 4.79 Å². The van der Waals surface area contributed by atoms with Gasteiger partial charge in [0.25, 0.3) is 5.91 Å². The summed E-state index contributed by atoms with van der Waals surface area (Å²) in [5.41, 5.74) is -0.624. The zero-order valence-corrected chi connectivity index (χ0v) is 14.5. The van der Waals surface area contributed by atoms with Crippen molar-refractivity contribution >= 4 is 11.7 Å². The number of aromatic nitrogens is 2. The molecule has 0 aliphatic heterocycles. The van der Waals surface area contributed by atoms with Crippen molar-refractivity contribution in [2.24, 2.45) is 0 Å². The summed E-state index contributed by atoms with van der Waals surface area (Å²) < 4.78 is 67.0. The number of alkyl halides is 3. The summed E-state index contributed by atoms with van der Waals surface area (Å²) in [6.07, 6.45) is -3.18. The predicted octanol–water partition coefficient (Wildman–Crippen LogP) is 4.79. The molecule has 3 rings (SSSR count). The largest absolute Gasteiger partial charge is 0.416 e. The Labute approximate surface area is 156 Å². The number of hydrogen-bond acceptors (Lipinski definition) is 2. The number of nitrogens with zero attached hydrogens (tertiary/aromatic N) is 2. The lowest BCUT2D eigenvalue weighted by molar-refractivity contribution is -0.137. The Morgan fingerprint density at radius 2 is 1.89 bits per heavy atom. The summed E-state index contributed by atoms with van der Waals surface area (Å²) in [5.74, 6) is -1.89. The van der Waals surface area contributed by atoms with Crippen LogP contribution in [-0.2, 0) is 12.7 Å². The van der Waals surface area contributed by atoms with E-state index in [-0.39, 0.29) is 23.5 Å². The molecule has 0 saturated heterocycles. The topological polar surface area (TPSA) is 46.9 Å². The smallest absolute Gasteiger partial charge is 0.307 e. The summed E-state index contributed by atoms with van der Waals surface area (Å²) in [6, 6.07) is 6.92. The lowest BCUT2D eigenvalue weighted by Crippen LogP contribution is -2.18. The van der Waals surface area contributed by atoms with Gasteiger partial charge in [0.2, 0.25) is 0 Å². The third-order valence-electron chi connectivity index (χ3n) is 4.03. The molecule has 0 fully saturated rings. The van der Waals surface area contributed by atoms with Crippen molar-refractivity contribution in [1.82, 2.24) is 9.78 Å². The van der Waals surface area contributed by atoms with Crippen molar-refractivity contribution in [3.8, 4) is 0 Å². The van der Waals surface area contributed by atoms with Crippen LogP contribution in [0.25, 0.3) is 0 Å². The molecule has 1 amide bonds. The Balaban J connectivity index is 1.86. The van der Waals surface area contributed by atoms with E-state index >= 15 is 0 Å². The molecule has 0 aliphatic carbocycles. The molecule has 9 heteroatoms. The van der Waals surface area contributed by atoms with Crippen molar-refractivity contribution in [2.75, 3.05) is 5.32 Å². The van der Waals surface area contributed by atoms with Gasteiger partial charge in [-0.15, -0.1) is 0 Å². The molecular formula is C19H14F5N3O.